The lowest BCUT2D eigenvalue weighted by Gasteiger charge is -2.44. The van der Waals surface area contributed by atoms with E-state index in [1.807, 2.05) is 54.6 Å². The molecule has 0 bridgehead atoms. The van der Waals surface area contributed by atoms with E-state index in [1.165, 1.54) is 6.42 Å². The van der Waals surface area contributed by atoms with Gasteiger partial charge in [0.2, 0.25) is 0 Å². The Balaban J connectivity index is 1.36. The Labute approximate surface area is 169 Å². The second-order valence-electron chi connectivity index (χ2n) is 8.12. The number of carbonyl (C=O) groups is 1. The first-order chi connectivity index (χ1) is 14.1. The second kappa shape index (κ2) is 7.04. The number of carbonyl (C=O) groups excluding carboxylic acids is 1. The fourth-order valence-electron chi connectivity index (χ4n) is 4.55. The number of para-hydroxylation sites is 2. The lowest BCUT2D eigenvalue weighted by atomic mass is 9.69. The summed E-state index contributed by atoms with van der Waals surface area (Å²) in [5.74, 6) is 1.92. The number of rotatable bonds is 5. The molecule has 2 heterocycles. The van der Waals surface area contributed by atoms with Gasteiger partial charge in [-0.15, -0.1) is 0 Å². The van der Waals surface area contributed by atoms with Crippen LogP contribution < -0.4 is 10.1 Å². The largest absolute Gasteiger partial charge is 0.457 e. The number of nitrogens with one attached hydrogen (secondary N) is 2. The highest BCUT2D eigenvalue weighted by Gasteiger charge is 2.53. The molecule has 29 heavy (non-hydrogen) atoms. The van der Waals surface area contributed by atoms with E-state index >= 15 is 0 Å². The Hall–Kier alpha value is -3.12. The molecule has 1 saturated heterocycles. The number of fused-ring (bicyclic) bond motifs is 1. The van der Waals surface area contributed by atoms with E-state index in [0.717, 1.165) is 30.8 Å². The molecule has 0 radical (unpaired) electrons. The summed E-state index contributed by atoms with van der Waals surface area (Å²) in [5.41, 5.74) is 1.93. The predicted octanol–water partition coefficient (Wildman–Crippen LogP) is 3.69. The lowest BCUT2D eigenvalue weighted by molar-refractivity contribution is 0.0756. The minimum absolute atomic E-state index is 0.0779. The highest BCUT2D eigenvalue weighted by molar-refractivity contribution is 5.94. The maximum absolute atomic E-state index is 12.9. The Morgan fingerprint density at radius 1 is 1.21 bits per heavy atom. The summed E-state index contributed by atoms with van der Waals surface area (Å²) in [6, 6.07) is 19.1. The Kier molecular flexibility index (Phi) is 4.36. The molecule has 3 aromatic rings. The molecule has 2 fully saturated rings. The first kappa shape index (κ1) is 17.9. The molecule has 1 aliphatic heterocycles. The van der Waals surface area contributed by atoms with E-state index in [9.17, 15) is 4.79 Å². The Bertz CT molecular complexity index is 1030. The van der Waals surface area contributed by atoms with E-state index in [2.05, 4.69) is 27.5 Å². The van der Waals surface area contributed by atoms with Gasteiger partial charge in [-0.2, -0.15) is 5.10 Å². The van der Waals surface area contributed by atoms with Crippen molar-refractivity contribution in [2.75, 3.05) is 20.1 Å². The summed E-state index contributed by atoms with van der Waals surface area (Å²) in [6.07, 6.45) is 2.23. The average molecular weight is 388 g/mol. The fraction of sp³-hybridized carbons (Fsp3) is 0.304. The monoisotopic (exact) mass is 388 g/mol. The molecule has 1 amide bonds. The van der Waals surface area contributed by atoms with Gasteiger partial charge in [0.25, 0.3) is 5.91 Å². The zero-order valence-corrected chi connectivity index (χ0v) is 16.4. The molecule has 6 heteroatoms. The van der Waals surface area contributed by atoms with Crippen LogP contribution in [0.15, 0.2) is 60.7 Å². The quantitative estimate of drug-likeness (QED) is 0.699. The van der Waals surface area contributed by atoms with Crippen molar-refractivity contribution in [1.29, 1.82) is 0 Å². The number of likely N-dealkylation sites (tertiary alicyclic amines) is 1. The molecule has 1 aromatic heterocycles. The SMILES string of the molecule is CN1CC2CCC2(NC(=O)c2cc(-c3ccccc3Oc3ccccc3)n[nH]2)C1. The second-order valence-corrected chi connectivity index (χ2v) is 8.12. The van der Waals surface area contributed by atoms with Crippen LogP contribution in [0.2, 0.25) is 0 Å². The van der Waals surface area contributed by atoms with Gasteiger partial charge in [-0.3, -0.25) is 9.89 Å². The molecule has 2 aromatic carbocycles. The van der Waals surface area contributed by atoms with E-state index in [1.54, 1.807) is 6.07 Å². The number of likely N-dealkylation sites (N-methyl/N-ethyl adjacent to an activating group) is 1. The number of nitrogens with zero attached hydrogens (tertiary/aromatic N) is 2. The number of amides is 1. The van der Waals surface area contributed by atoms with Crippen LogP contribution in [0.4, 0.5) is 0 Å². The van der Waals surface area contributed by atoms with Crippen molar-refractivity contribution >= 4 is 5.91 Å². The summed E-state index contributed by atoms with van der Waals surface area (Å²) in [7, 11) is 2.12. The number of aromatic nitrogens is 2. The molecule has 0 spiro atoms. The van der Waals surface area contributed by atoms with Gasteiger partial charge in [0, 0.05) is 18.7 Å². The first-order valence-electron chi connectivity index (χ1n) is 10.0. The summed E-state index contributed by atoms with van der Waals surface area (Å²) < 4.78 is 6.03. The zero-order chi connectivity index (χ0) is 19.8. The van der Waals surface area contributed by atoms with E-state index < -0.39 is 0 Å². The molecule has 2 atom stereocenters. The third-order valence-electron chi connectivity index (χ3n) is 6.12. The number of H-pyrrole nitrogens is 1. The van der Waals surface area contributed by atoms with Crippen LogP contribution in [0.1, 0.15) is 23.3 Å². The van der Waals surface area contributed by atoms with Gasteiger partial charge < -0.3 is 15.0 Å². The van der Waals surface area contributed by atoms with Crippen LogP contribution in [0.3, 0.4) is 0 Å². The van der Waals surface area contributed by atoms with Crippen molar-refractivity contribution < 1.29 is 9.53 Å². The highest BCUT2D eigenvalue weighted by atomic mass is 16.5. The van der Waals surface area contributed by atoms with Gasteiger partial charge in [-0.1, -0.05) is 30.3 Å². The maximum atomic E-state index is 12.9. The molecular formula is C23H24N4O2. The number of hydrogen-bond donors (Lipinski definition) is 2. The van der Waals surface area contributed by atoms with Gasteiger partial charge in [0.1, 0.15) is 17.2 Å². The van der Waals surface area contributed by atoms with Crippen LogP contribution in [-0.4, -0.2) is 46.7 Å². The topological polar surface area (TPSA) is 70.2 Å². The van der Waals surface area contributed by atoms with Crippen molar-refractivity contribution in [1.82, 2.24) is 20.4 Å². The van der Waals surface area contributed by atoms with E-state index in [4.69, 9.17) is 4.74 Å². The summed E-state index contributed by atoms with van der Waals surface area (Å²) in [6.45, 7) is 1.97. The van der Waals surface area contributed by atoms with Crippen LogP contribution in [-0.2, 0) is 0 Å². The summed E-state index contributed by atoms with van der Waals surface area (Å²) in [4.78, 5) is 15.2. The van der Waals surface area contributed by atoms with E-state index in [-0.39, 0.29) is 11.4 Å². The Morgan fingerprint density at radius 3 is 2.76 bits per heavy atom. The van der Waals surface area contributed by atoms with Crippen LogP contribution in [0.25, 0.3) is 11.3 Å². The van der Waals surface area contributed by atoms with Crippen LogP contribution >= 0.6 is 0 Å². The van der Waals surface area contributed by atoms with Crippen LogP contribution in [0.5, 0.6) is 11.5 Å². The zero-order valence-electron chi connectivity index (χ0n) is 16.4. The molecule has 2 unspecified atom stereocenters. The average Bonchev–Trinajstić information content (AvgIpc) is 3.29. The number of ether oxygens (including phenoxy) is 1. The fourth-order valence-corrected chi connectivity index (χ4v) is 4.55. The molecule has 1 saturated carbocycles. The first-order valence-corrected chi connectivity index (χ1v) is 10.0. The standard InChI is InChI=1S/C23H24N4O2/c1-27-14-16-11-12-23(16,15-27)24-22(28)20-13-19(25-26-20)18-9-5-6-10-21(18)29-17-7-3-2-4-8-17/h2-10,13,16H,11-12,14-15H2,1H3,(H,24,28)(H,25,26). The van der Waals surface area contributed by atoms with Crippen molar-refractivity contribution in [3.05, 3.63) is 66.4 Å². The van der Waals surface area contributed by atoms with Gasteiger partial charge in [0.15, 0.2) is 0 Å². The van der Waals surface area contributed by atoms with Crippen molar-refractivity contribution in [3.63, 3.8) is 0 Å². The third-order valence-corrected chi connectivity index (χ3v) is 6.12. The molecule has 148 valence electrons. The number of hydrogen-bond acceptors (Lipinski definition) is 4. The van der Waals surface area contributed by atoms with Crippen molar-refractivity contribution in [3.8, 4) is 22.8 Å². The smallest absolute Gasteiger partial charge is 0.269 e. The molecular weight excluding hydrogens is 364 g/mol. The van der Waals surface area contributed by atoms with Crippen molar-refractivity contribution in [2.24, 2.45) is 5.92 Å². The molecule has 2 N–H and O–H groups in total. The van der Waals surface area contributed by atoms with Gasteiger partial charge in [-0.25, -0.2) is 0 Å². The molecule has 1 aliphatic carbocycles. The van der Waals surface area contributed by atoms with Gasteiger partial charge >= 0.3 is 0 Å². The summed E-state index contributed by atoms with van der Waals surface area (Å²) >= 11 is 0. The third kappa shape index (κ3) is 3.29. The molecule has 5 rings (SSSR count). The maximum Gasteiger partial charge on any atom is 0.269 e. The van der Waals surface area contributed by atoms with Crippen LogP contribution in [0, 0.1) is 5.92 Å². The Morgan fingerprint density at radius 2 is 2.00 bits per heavy atom. The minimum atomic E-state index is -0.0924. The minimum Gasteiger partial charge on any atom is -0.457 e. The van der Waals surface area contributed by atoms with E-state index in [0.29, 0.717) is 23.1 Å². The highest BCUT2D eigenvalue weighted by Crippen LogP contribution is 2.44. The van der Waals surface area contributed by atoms with Gasteiger partial charge in [0.05, 0.1) is 11.2 Å². The lowest BCUT2D eigenvalue weighted by Crippen LogP contribution is -2.60. The predicted molar refractivity (Wildman–Crippen MR) is 111 cm³/mol. The normalized spacial score (nSPS) is 23.3. The number of benzene rings is 2. The van der Waals surface area contributed by atoms with Gasteiger partial charge in [-0.05, 0) is 56.1 Å². The van der Waals surface area contributed by atoms with Crippen molar-refractivity contribution in [2.45, 2.75) is 18.4 Å². The number of aromatic amines is 1. The summed E-state index contributed by atoms with van der Waals surface area (Å²) in [5, 5.41) is 10.6. The molecule has 2 aliphatic rings. The molecule has 6 nitrogen and oxygen atoms in total.